The Morgan fingerprint density at radius 2 is 2.07 bits per heavy atom. The zero-order valence-electron chi connectivity index (χ0n) is 16.5. The summed E-state index contributed by atoms with van der Waals surface area (Å²) in [6, 6.07) is 3.69. The van der Waals surface area contributed by atoms with E-state index in [0.29, 0.717) is 17.3 Å². The van der Waals surface area contributed by atoms with Crippen LogP contribution in [0, 0.1) is 0 Å². The molecule has 1 aliphatic rings. The Morgan fingerprint density at radius 3 is 2.68 bits per heavy atom. The lowest BCUT2D eigenvalue weighted by Gasteiger charge is -2.30. The molecule has 158 valence electrons. The van der Waals surface area contributed by atoms with Crippen molar-refractivity contribution in [3.05, 3.63) is 23.2 Å². The normalized spacial score (nSPS) is 16.4. The number of benzene rings is 1. The minimum absolute atomic E-state index is 0.230. The van der Waals surface area contributed by atoms with E-state index in [1.807, 2.05) is 0 Å². The van der Waals surface area contributed by atoms with E-state index in [9.17, 15) is 13.2 Å². The summed E-state index contributed by atoms with van der Waals surface area (Å²) in [6.07, 6.45) is 1.83. The van der Waals surface area contributed by atoms with Gasteiger partial charge in [0.1, 0.15) is 11.8 Å². The van der Waals surface area contributed by atoms with Crippen molar-refractivity contribution in [2.75, 3.05) is 57.1 Å². The van der Waals surface area contributed by atoms with Crippen LogP contribution in [0.2, 0.25) is 5.02 Å². The van der Waals surface area contributed by atoms with E-state index in [2.05, 4.69) is 10.2 Å². The van der Waals surface area contributed by atoms with E-state index in [-0.39, 0.29) is 11.6 Å². The topological polar surface area (TPSA) is 88.2 Å². The molecule has 0 saturated carbocycles. The number of sulfonamides is 1. The van der Waals surface area contributed by atoms with E-state index in [0.717, 1.165) is 49.8 Å². The van der Waals surface area contributed by atoms with Gasteiger partial charge < -0.3 is 14.8 Å². The zero-order chi connectivity index (χ0) is 20.7. The predicted octanol–water partition coefficient (Wildman–Crippen LogP) is 1.34. The number of carbonyl (C=O) groups excluding carboxylic acids is 1. The summed E-state index contributed by atoms with van der Waals surface area (Å²) in [4.78, 5) is 14.9. The molecule has 1 atom stereocenters. The van der Waals surface area contributed by atoms with E-state index >= 15 is 0 Å². The van der Waals surface area contributed by atoms with Crippen molar-refractivity contribution in [1.29, 1.82) is 0 Å². The smallest absolute Gasteiger partial charge is 0.243 e. The first-order valence-corrected chi connectivity index (χ1v) is 11.4. The van der Waals surface area contributed by atoms with Gasteiger partial charge in [0.05, 0.1) is 32.3 Å². The van der Waals surface area contributed by atoms with Gasteiger partial charge in [-0.25, -0.2) is 8.42 Å². The third kappa shape index (κ3) is 6.23. The maximum Gasteiger partial charge on any atom is 0.243 e. The largest absolute Gasteiger partial charge is 0.495 e. The van der Waals surface area contributed by atoms with Crippen LogP contribution in [0.4, 0.5) is 5.69 Å². The summed E-state index contributed by atoms with van der Waals surface area (Å²) in [7, 11) is -2.31. The third-order valence-electron chi connectivity index (χ3n) is 4.52. The first kappa shape index (κ1) is 22.7. The van der Waals surface area contributed by atoms with Gasteiger partial charge in [0.15, 0.2) is 0 Å². The number of methoxy groups -OCH3 is 1. The summed E-state index contributed by atoms with van der Waals surface area (Å²) < 4.78 is 36.5. The van der Waals surface area contributed by atoms with Crippen molar-refractivity contribution >= 4 is 33.2 Å². The number of rotatable bonds is 9. The first-order chi connectivity index (χ1) is 13.2. The number of amides is 1. The lowest BCUT2D eigenvalue weighted by atomic mass is 10.2. The molecule has 1 saturated heterocycles. The Labute approximate surface area is 171 Å². The SMILES string of the molecule is COc1ccc(Cl)cc1N([C@@H](C)C(=O)NCCCN1CCOCC1)S(C)(=O)=O. The summed E-state index contributed by atoms with van der Waals surface area (Å²) in [5.74, 6) is -0.0591. The lowest BCUT2D eigenvalue weighted by Crippen LogP contribution is -2.48. The highest BCUT2D eigenvalue weighted by atomic mass is 35.5. The molecule has 1 heterocycles. The number of morpholine rings is 1. The summed E-state index contributed by atoms with van der Waals surface area (Å²) >= 11 is 6.04. The van der Waals surface area contributed by atoms with Gasteiger partial charge in [-0.2, -0.15) is 0 Å². The van der Waals surface area contributed by atoms with Crippen LogP contribution in [-0.4, -0.2) is 78.0 Å². The summed E-state index contributed by atoms with van der Waals surface area (Å²) in [6.45, 7) is 6.10. The average molecular weight is 434 g/mol. The van der Waals surface area contributed by atoms with Gasteiger partial charge in [-0.3, -0.25) is 14.0 Å². The Bertz CT molecular complexity index is 768. The highest BCUT2D eigenvalue weighted by molar-refractivity contribution is 7.92. The van der Waals surface area contributed by atoms with Crippen LogP contribution in [0.15, 0.2) is 18.2 Å². The van der Waals surface area contributed by atoms with Crippen LogP contribution in [0.25, 0.3) is 0 Å². The zero-order valence-corrected chi connectivity index (χ0v) is 18.1. The fourth-order valence-corrected chi connectivity index (χ4v) is 4.44. The summed E-state index contributed by atoms with van der Waals surface area (Å²) in [5, 5.41) is 3.17. The van der Waals surface area contributed by atoms with Gasteiger partial charge in [-0.05, 0) is 38.1 Å². The lowest BCUT2D eigenvalue weighted by molar-refractivity contribution is -0.121. The molecule has 1 fully saturated rings. The van der Waals surface area contributed by atoms with E-state index in [1.54, 1.807) is 19.1 Å². The number of ether oxygens (including phenoxy) is 2. The Morgan fingerprint density at radius 1 is 1.39 bits per heavy atom. The van der Waals surface area contributed by atoms with E-state index < -0.39 is 16.1 Å². The molecule has 28 heavy (non-hydrogen) atoms. The second-order valence-corrected chi connectivity index (χ2v) is 8.95. The monoisotopic (exact) mass is 433 g/mol. The number of hydrogen-bond donors (Lipinski definition) is 1. The number of carbonyl (C=O) groups is 1. The fourth-order valence-electron chi connectivity index (χ4n) is 3.10. The molecule has 0 unspecified atom stereocenters. The Hall–Kier alpha value is -1.55. The highest BCUT2D eigenvalue weighted by Gasteiger charge is 2.31. The van der Waals surface area contributed by atoms with Gasteiger partial charge in [0.25, 0.3) is 0 Å². The van der Waals surface area contributed by atoms with E-state index in [4.69, 9.17) is 21.1 Å². The minimum atomic E-state index is -3.75. The van der Waals surface area contributed by atoms with Gasteiger partial charge >= 0.3 is 0 Å². The Kier molecular flexibility index (Phi) is 8.36. The molecule has 1 amide bonds. The average Bonchev–Trinajstić information content (AvgIpc) is 2.65. The van der Waals surface area contributed by atoms with Crippen molar-refractivity contribution in [3.8, 4) is 5.75 Å². The number of halogens is 1. The van der Waals surface area contributed by atoms with Crippen molar-refractivity contribution < 1.29 is 22.7 Å². The van der Waals surface area contributed by atoms with Gasteiger partial charge in [-0.15, -0.1) is 0 Å². The van der Waals surface area contributed by atoms with Gasteiger partial charge in [0.2, 0.25) is 15.9 Å². The standard InChI is InChI=1S/C18H28ClN3O5S/c1-14(18(23)20-7-4-8-21-9-11-27-12-10-21)22(28(3,24)25)16-13-15(19)5-6-17(16)26-2/h5-6,13-14H,4,7-12H2,1-3H3,(H,20,23)/t14-/m0/s1. The second kappa shape index (κ2) is 10.3. The van der Waals surface area contributed by atoms with Crippen LogP contribution in [0.3, 0.4) is 0 Å². The van der Waals surface area contributed by atoms with Crippen LogP contribution in [-0.2, 0) is 19.6 Å². The van der Waals surface area contributed by atoms with Crippen LogP contribution in [0.5, 0.6) is 5.75 Å². The molecular formula is C18H28ClN3O5S. The van der Waals surface area contributed by atoms with Crippen LogP contribution < -0.4 is 14.4 Å². The molecule has 2 rings (SSSR count). The predicted molar refractivity (Wildman–Crippen MR) is 110 cm³/mol. The number of hydrogen-bond acceptors (Lipinski definition) is 6. The molecule has 0 radical (unpaired) electrons. The van der Waals surface area contributed by atoms with E-state index in [1.165, 1.54) is 13.2 Å². The molecule has 0 spiro atoms. The number of anilines is 1. The van der Waals surface area contributed by atoms with Gasteiger partial charge in [-0.1, -0.05) is 11.6 Å². The Balaban J connectivity index is 2.03. The molecule has 0 aromatic heterocycles. The molecular weight excluding hydrogens is 406 g/mol. The van der Waals surface area contributed by atoms with Crippen molar-refractivity contribution in [1.82, 2.24) is 10.2 Å². The minimum Gasteiger partial charge on any atom is -0.495 e. The third-order valence-corrected chi connectivity index (χ3v) is 5.98. The molecule has 8 nitrogen and oxygen atoms in total. The maximum absolute atomic E-state index is 12.6. The van der Waals surface area contributed by atoms with Crippen molar-refractivity contribution in [3.63, 3.8) is 0 Å². The molecule has 1 aromatic carbocycles. The molecule has 0 aliphatic carbocycles. The van der Waals surface area contributed by atoms with Crippen LogP contribution in [0.1, 0.15) is 13.3 Å². The quantitative estimate of drug-likeness (QED) is 0.591. The maximum atomic E-state index is 12.6. The molecule has 1 N–H and O–H groups in total. The molecule has 10 heteroatoms. The van der Waals surface area contributed by atoms with Crippen molar-refractivity contribution in [2.24, 2.45) is 0 Å². The van der Waals surface area contributed by atoms with Crippen LogP contribution >= 0.6 is 11.6 Å². The highest BCUT2D eigenvalue weighted by Crippen LogP contribution is 2.34. The first-order valence-electron chi connectivity index (χ1n) is 9.15. The second-order valence-electron chi connectivity index (χ2n) is 6.65. The molecule has 1 aliphatic heterocycles. The fraction of sp³-hybridized carbons (Fsp3) is 0.611. The molecule has 1 aromatic rings. The molecule has 0 bridgehead atoms. The number of nitrogens with zero attached hydrogens (tertiary/aromatic N) is 2. The van der Waals surface area contributed by atoms with Gasteiger partial charge in [0, 0.05) is 24.7 Å². The number of nitrogens with one attached hydrogen (secondary N) is 1. The summed E-state index contributed by atoms with van der Waals surface area (Å²) in [5.41, 5.74) is 0.230. The van der Waals surface area contributed by atoms with Crippen molar-refractivity contribution in [2.45, 2.75) is 19.4 Å².